The first kappa shape index (κ1) is 24.0. The van der Waals surface area contributed by atoms with Gasteiger partial charge in [0.15, 0.2) is 0 Å². The number of ether oxygens (including phenoxy) is 1. The molecule has 4 aromatic carbocycles. The van der Waals surface area contributed by atoms with E-state index in [1.54, 1.807) is 0 Å². The van der Waals surface area contributed by atoms with Gasteiger partial charge in [-0.1, -0.05) is 138 Å². The first-order valence-corrected chi connectivity index (χ1v) is 13.1. The number of carbonyl (C=O) groups is 1. The average Bonchev–Trinajstić information content (AvgIpc) is 2.89. The molecule has 5 rings (SSSR count). The van der Waals surface area contributed by atoms with Crippen LogP contribution in [0.1, 0.15) is 43.1 Å². The van der Waals surface area contributed by atoms with Crippen molar-refractivity contribution >= 4 is 24.7 Å². The van der Waals surface area contributed by atoms with Gasteiger partial charge in [-0.25, -0.2) is 0 Å². The summed E-state index contributed by atoms with van der Waals surface area (Å²) in [5, 5.41) is 3.44. The molecule has 178 valence electrons. The third-order valence-electron chi connectivity index (χ3n) is 6.32. The van der Waals surface area contributed by atoms with Crippen molar-refractivity contribution in [3.8, 4) is 16.9 Å². The van der Waals surface area contributed by atoms with Crippen LogP contribution in [0.15, 0.2) is 115 Å². The maximum absolute atomic E-state index is 14.1. The number of rotatable bonds is 5. The second-order valence-corrected chi connectivity index (χ2v) is 11.1. The van der Waals surface area contributed by atoms with Gasteiger partial charge in [0.2, 0.25) is 0 Å². The molecule has 0 aliphatic rings. The number of esters is 1. The van der Waals surface area contributed by atoms with E-state index in [-0.39, 0.29) is 11.4 Å². The van der Waals surface area contributed by atoms with Gasteiger partial charge in [0.05, 0.1) is 0 Å². The zero-order valence-corrected chi connectivity index (χ0v) is 21.7. The summed E-state index contributed by atoms with van der Waals surface area (Å²) in [6.07, 6.45) is 0. The lowest BCUT2D eigenvalue weighted by Gasteiger charge is -2.26. The third kappa shape index (κ3) is 4.83. The Bertz CT molecular complexity index is 1450. The fraction of sp³-hybridized carbons (Fsp3) is 0.152. The Balaban J connectivity index is 1.73. The van der Waals surface area contributed by atoms with Crippen molar-refractivity contribution in [1.29, 1.82) is 0 Å². The SMILES string of the molecule is CC(C)(C)c1pc2ccccc2c(-c2ccccc2)c1OC(=O)C(c1ccccc1)c1ccccc1. The molecule has 0 saturated heterocycles. The zero-order valence-electron chi connectivity index (χ0n) is 20.8. The normalized spacial score (nSPS) is 11.8. The highest BCUT2D eigenvalue weighted by atomic mass is 31.0. The van der Waals surface area contributed by atoms with Crippen molar-refractivity contribution in [3.63, 3.8) is 0 Å². The van der Waals surface area contributed by atoms with E-state index in [1.807, 2.05) is 78.9 Å². The molecule has 0 aliphatic carbocycles. The van der Waals surface area contributed by atoms with Crippen molar-refractivity contribution in [2.24, 2.45) is 0 Å². The fourth-order valence-electron chi connectivity index (χ4n) is 4.61. The molecular formula is C33H29O2P. The summed E-state index contributed by atoms with van der Waals surface area (Å²) in [7, 11) is 1.07. The van der Waals surface area contributed by atoms with E-state index in [0.717, 1.165) is 41.1 Å². The predicted octanol–water partition coefficient (Wildman–Crippen LogP) is 9.12. The number of carbonyl (C=O) groups excluding carboxylic acids is 1. The third-order valence-corrected chi connectivity index (χ3v) is 8.05. The summed E-state index contributed by atoms with van der Waals surface area (Å²) in [5.74, 6) is -0.116. The number of hydrogen-bond donors (Lipinski definition) is 0. The molecular weight excluding hydrogens is 459 g/mol. The minimum atomic E-state index is -0.521. The summed E-state index contributed by atoms with van der Waals surface area (Å²) in [5.41, 5.74) is 3.66. The van der Waals surface area contributed by atoms with Gasteiger partial charge in [0.25, 0.3) is 0 Å². The van der Waals surface area contributed by atoms with E-state index in [9.17, 15) is 4.79 Å². The molecule has 36 heavy (non-hydrogen) atoms. The molecule has 0 fully saturated rings. The molecule has 1 heterocycles. The Kier molecular flexibility index (Phi) is 6.72. The van der Waals surface area contributed by atoms with Crippen molar-refractivity contribution in [1.82, 2.24) is 0 Å². The molecule has 0 bridgehead atoms. The van der Waals surface area contributed by atoms with Crippen LogP contribution in [0.5, 0.6) is 5.75 Å². The van der Waals surface area contributed by atoms with Crippen molar-refractivity contribution in [2.45, 2.75) is 32.1 Å². The summed E-state index contributed by atoms with van der Waals surface area (Å²) >= 11 is 0. The Morgan fingerprint density at radius 3 is 1.75 bits per heavy atom. The molecule has 3 heteroatoms. The largest absolute Gasteiger partial charge is 0.424 e. The van der Waals surface area contributed by atoms with Crippen LogP contribution in [0.2, 0.25) is 0 Å². The highest BCUT2D eigenvalue weighted by molar-refractivity contribution is 7.38. The molecule has 0 atom stereocenters. The lowest BCUT2D eigenvalue weighted by Crippen LogP contribution is -2.22. The van der Waals surface area contributed by atoms with E-state index in [1.165, 1.54) is 5.12 Å². The van der Waals surface area contributed by atoms with Crippen LogP contribution >= 0.6 is 8.19 Å². The Morgan fingerprint density at radius 2 is 1.19 bits per heavy atom. The van der Waals surface area contributed by atoms with Crippen molar-refractivity contribution < 1.29 is 9.53 Å². The smallest absolute Gasteiger partial charge is 0.323 e. The van der Waals surface area contributed by atoms with Gasteiger partial charge in [-0.05, 0) is 33.6 Å². The topological polar surface area (TPSA) is 26.3 Å². The molecule has 0 saturated carbocycles. The van der Waals surface area contributed by atoms with Gasteiger partial charge in [0, 0.05) is 16.0 Å². The first-order chi connectivity index (χ1) is 17.4. The van der Waals surface area contributed by atoms with E-state index < -0.39 is 5.92 Å². The van der Waals surface area contributed by atoms with E-state index in [4.69, 9.17) is 4.74 Å². The minimum absolute atomic E-state index is 0.195. The maximum atomic E-state index is 14.1. The summed E-state index contributed by atoms with van der Waals surface area (Å²) in [6, 6.07) is 38.5. The summed E-state index contributed by atoms with van der Waals surface area (Å²) < 4.78 is 6.52. The van der Waals surface area contributed by atoms with Crippen LogP contribution in [-0.2, 0) is 10.2 Å². The molecule has 2 nitrogen and oxygen atoms in total. The van der Waals surface area contributed by atoms with E-state index in [2.05, 4.69) is 57.2 Å². The molecule has 0 radical (unpaired) electrons. The molecule has 0 aliphatic heterocycles. The van der Waals surface area contributed by atoms with Gasteiger partial charge >= 0.3 is 5.97 Å². The lowest BCUT2D eigenvalue weighted by atomic mass is 9.90. The van der Waals surface area contributed by atoms with Gasteiger partial charge in [-0.15, -0.1) is 0 Å². The highest BCUT2D eigenvalue weighted by Crippen LogP contribution is 2.50. The molecule has 0 spiro atoms. The minimum Gasteiger partial charge on any atom is -0.424 e. The van der Waals surface area contributed by atoms with Crippen LogP contribution in [0, 0.1) is 0 Å². The van der Waals surface area contributed by atoms with Crippen molar-refractivity contribution in [3.05, 3.63) is 132 Å². The average molecular weight is 489 g/mol. The standard InChI is InChI=1S/C33H29O2P/c1-33(2,3)31-30(29(25-19-11-6-12-20-25)26-21-13-14-22-27(26)36-31)35-32(34)28(23-15-7-4-8-16-23)24-17-9-5-10-18-24/h4-22,28H,1-3H3. The van der Waals surface area contributed by atoms with Crippen LogP contribution in [-0.4, -0.2) is 5.97 Å². The monoisotopic (exact) mass is 488 g/mol. The Hall–Kier alpha value is -3.74. The summed E-state index contributed by atoms with van der Waals surface area (Å²) in [4.78, 5) is 14.1. The molecule has 0 unspecified atom stereocenters. The Labute approximate surface area is 214 Å². The van der Waals surface area contributed by atoms with Gasteiger partial charge in [-0.2, -0.15) is 0 Å². The second-order valence-electron chi connectivity index (χ2n) is 9.97. The van der Waals surface area contributed by atoms with E-state index >= 15 is 0 Å². The maximum Gasteiger partial charge on any atom is 0.323 e. The molecule has 1 aromatic heterocycles. The Morgan fingerprint density at radius 1 is 0.694 bits per heavy atom. The van der Waals surface area contributed by atoms with Crippen LogP contribution in [0.4, 0.5) is 0 Å². The van der Waals surface area contributed by atoms with Crippen LogP contribution in [0.3, 0.4) is 0 Å². The van der Waals surface area contributed by atoms with Crippen LogP contribution < -0.4 is 4.74 Å². The zero-order chi connectivity index (χ0) is 25.1. The quantitative estimate of drug-likeness (QED) is 0.231. The number of hydrogen-bond acceptors (Lipinski definition) is 2. The van der Waals surface area contributed by atoms with Crippen molar-refractivity contribution in [2.75, 3.05) is 0 Å². The van der Waals surface area contributed by atoms with Gasteiger partial charge in [-0.3, -0.25) is 4.79 Å². The van der Waals surface area contributed by atoms with Crippen LogP contribution in [0.25, 0.3) is 21.6 Å². The van der Waals surface area contributed by atoms with Gasteiger partial charge in [0.1, 0.15) is 11.7 Å². The molecule has 0 N–H and O–H groups in total. The summed E-state index contributed by atoms with van der Waals surface area (Å²) in [6.45, 7) is 6.56. The van der Waals surface area contributed by atoms with E-state index in [0.29, 0.717) is 5.75 Å². The fourth-order valence-corrected chi connectivity index (χ4v) is 5.91. The number of fused-ring (bicyclic) bond motifs is 1. The number of benzene rings is 4. The second kappa shape index (κ2) is 10.1. The van der Waals surface area contributed by atoms with Gasteiger partial charge < -0.3 is 4.74 Å². The predicted molar refractivity (Wildman–Crippen MR) is 151 cm³/mol. The first-order valence-electron chi connectivity index (χ1n) is 12.2. The highest BCUT2D eigenvalue weighted by Gasteiger charge is 2.30. The molecule has 5 aromatic rings. The molecule has 0 amide bonds. The lowest BCUT2D eigenvalue weighted by molar-refractivity contribution is -0.135.